The number of hydrogen-bond donors (Lipinski definition) is 0. The van der Waals surface area contributed by atoms with Crippen LogP contribution in [0.2, 0.25) is 0 Å². The summed E-state index contributed by atoms with van der Waals surface area (Å²) in [5, 5.41) is 4.09. The highest BCUT2D eigenvalue weighted by Gasteiger charge is 2.31. The van der Waals surface area contributed by atoms with Gasteiger partial charge in [-0.1, -0.05) is 0 Å². The average Bonchev–Trinajstić information content (AvgIpc) is 3.10. The number of pyridine rings is 1. The fraction of sp³-hybridized carbons (Fsp3) is 0.353. The SMILES string of the molecule is FC(F)(F)c1ccc(N2CCC(Oc3ccn4nccc4n3)CC2)nc1. The van der Waals surface area contributed by atoms with E-state index in [1.807, 2.05) is 4.90 Å². The Bertz CT molecular complexity index is 885. The topological polar surface area (TPSA) is 55.6 Å². The van der Waals surface area contributed by atoms with Gasteiger partial charge in [-0.15, -0.1) is 0 Å². The van der Waals surface area contributed by atoms with Gasteiger partial charge < -0.3 is 9.64 Å². The third-order valence-corrected chi connectivity index (χ3v) is 4.36. The average molecular weight is 363 g/mol. The molecule has 4 rings (SSSR count). The van der Waals surface area contributed by atoms with Crippen LogP contribution in [0.4, 0.5) is 19.0 Å². The molecule has 0 amide bonds. The van der Waals surface area contributed by atoms with E-state index in [9.17, 15) is 13.2 Å². The van der Waals surface area contributed by atoms with Crippen LogP contribution in [0.3, 0.4) is 0 Å². The number of fused-ring (bicyclic) bond motifs is 1. The molecule has 4 heterocycles. The van der Waals surface area contributed by atoms with Crippen LogP contribution in [0, 0.1) is 0 Å². The van der Waals surface area contributed by atoms with Gasteiger partial charge in [-0.3, -0.25) is 0 Å². The van der Waals surface area contributed by atoms with Gasteiger partial charge in [-0.2, -0.15) is 23.3 Å². The number of halogens is 3. The highest BCUT2D eigenvalue weighted by Crippen LogP contribution is 2.30. The van der Waals surface area contributed by atoms with E-state index in [0.29, 0.717) is 30.4 Å². The van der Waals surface area contributed by atoms with Crippen LogP contribution in [0.1, 0.15) is 18.4 Å². The summed E-state index contributed by atoms with van der Waals surface area (Å²) in [6.07, 6.45) is 1.47. The number of anilines is 1. The maximum absolute atomic E-state index is 12.6. The highest BCUT2D eigenvalue weighted by molar-refractivity contribution is 5.40. The van der Waals surface area contributed by atoms with Gasteiger partial charge in [-0.05, 0) is 12.1 Å². The van der Waals surface area contributed by atoms with E-state index < -0.39 is 11.7 Å². The third-order valence-electron chi connectivity index (χ3n) is 4.36. The number of hydrogen-bond acceptors (Lipinski definition) is 5. The maximum atomic E-state index is 12.6. The monoisotopic (exact) mass is 363 g/mol. The number of alkyl halides is 3. The Morgan fingerprint density at radius 1 is 1.08 bits per heavy atom. The number of nitrogens with zero attached hydrogens (tertiary/aromatic N) is 5. The Morgan fingerprint density at radius 3 is 2.58 bits per heavy atom. The van der Waals surface area contributed by atoms with Crippen molar-refractivity contribution in [3.63, 3.8) is 0 Å². The van der Waals surface area contributed by atoms with Gasteiger partial charge in [0.2, 0.25) is 5.88 Å². The van der Waals surface area contributed by atoms with Gasteiger partial charge in [0.15, 0.2) is 5.65 Å². The summed E-state index contributed by atoms with van der Waals surface area (Å²) in [5.74, 6) is 1.10. The molecule has 0 unspecified atom stereocenters. The molecule has 136 valence electrons. The molecule has 0 N–H and O–H groups in total. The molecule has 3 aromatic heterocycles. The lowest BCUT2D eigenvalue weighted by Crippen LogP contribution is -2.38. The predicted octanol–water partition coefficient (Wildman–Crippen LogP) is 3.19. The van der Waals surface area contributed by atoms with Crippen molar-refractivity contribution in [1.82, 2.24) is 19.6 Å². The number of aromatic nitrogens is 4. The quantitative estimate of drug-likeness (QED) is 0.715. The second-order valence-corrected chi connectivity index (χ2v) is 6.11. The molecule has 0 aromatic carbocycles. The fourth-order valence-corrected chi connectivity index (χ4v) is 2.98. The first-order chi connectivity index (χ1) is 12.5. The van der Waals surface area contributed by atoms with Crippen molar-refractivity contribution >= 4 is 11.5 Å². The van der Waals surface area contributed by atoms with Crippen molar-refractivity contribution in [2.45, 2.75) is 25.1 Å². The fourth-order valence-electron chi connectivity index (χ4n) is 2.98. The molecule has 6 nitrogen and oxygen atoms in total. The van der Waals surface area contributed by atoms with Gasteiger partial charge in [0.05, 0.1) is 11.8 Å². The molecule has 1 aliphatic heterocycles. The van der Waals surface area contributed by atoms with E-state index in [4.69, 9.17) is 4.74 Å². The highest BCUT2D eigenvalue weighted by atomic mass is 19.4. The Hall–Kier alpha value is -2.84. The minimum absolute atomic E-state index is 0.0126. The van der Waals surface area contributed by atoms with Crippen LogP contribution in [0.5, 0.6) is 5.88 Å². The van der Waals surface area contributed by atoms with Crippen molar-refractivity contribution in [3.8, 4) is 5.88 Å². The van der Waals surface area contributed by atoms with E-state index >= 15 is 0 Å². The first-order valence-corrected chi connectivity index (χ1v) is 8.24. The zero-order chi connectivity index (χ0) is 18.1. The number of rotatable bonds is 3. The number of piperidine rings is 1. The molecule has 3 aromatic rings. The van der Waals surface area contributed by atoms with Gasteiger partial charge >= 0.3 is 6.18 Å². The first-order valence-electron chi connectivity index (χ1n) is 8.24. The molecule has 26 heavy (non-hydrogen) atoms. The largest absolute Gasteiger partial charge is 0.474 e. The van der Waals surface area contributed by atoms with Crippen LogP contribution in [0.15, 0.2) is 42.9 Å². The van der Waals surface area contributed by atoms with Crippen LogP contribution in [-0.4, -0.2) is 38.8 Å². The van der Waals surface area contributed by atoms with E-state index in [2.05, 4.69) is 15.1 Å². The van der Waals surface area contributed by atoms with Gasteiger partial charge in [0.25, 0.3) is 0 Å². The Balaban J connectivity index is 1.36. The van der Waals surface area contributed by atoms with Crippen molar-refractivity contribution in [2.75, 3.05) is 18.0 Å². The van der Waals surface area contributed by atoms with Crippen LogP contribution in [-0.2, 0) is 6.18 Å². The molecule has 9 heteroatoms. The molecule has 0 atom stereocenters. The first kappa shape index (κ1) is 16.6. The summed E-state index contributed by atoms with van der Waals surface area (Å²) in [4.78, 5) is 10.3. The molecule has 0 spiro atoms. The summed E-state index contributed by atoms with van der Waals surface area (Å²) in [7, 11) is 0. The molecule has 1 saturated heterocycles. The Morgan fingerprint density at radius 2 is 1.88 bits per heavy atom. The summed E-state index contributed by atoms with van der Waals surface area (Å²) in [6, 6.07) is 6.05. The standard InChI is InChI=1S/C17H16F3N5O/c18-17(19,20)12-1-2-14(21-11-12)24-8-4-13(5-9-24)26-16-6-10-25-15(23-16)3-7-22-25/h1-3,6-7,10-11,13H,4-5,8-9H2. The molecular weight excluding hydrogens is 347 g/mol. The van der Waals surface area contributed by atoms with Crippen LogP contribution >= 0.6 is 0 Å². The van der Waals surface area contributed by atoms with Crippen molar-refractivity contribution in [2.24, 2.45) is 0 Å². The minimum atomic E-state index is -4.37. The van der Waals surface area contributed by atoms with E-state index in [1.165, 1.54) is 6.07 Å². The Kier molecular flexibility index (Phi) is 4.14. The van der Waals surface area contributed by atoms with Gasteiger partial charge in [0, 0.05) is 50.5 Å². The maximum Gasteiger partial charge on any atom is 0.417 e. The molecular formula is C17H16F3N5O. The van der Waals surface area contributed by atoms with Gasteiger partial charge in [0.1, 0.15) is 11.9 Å². The van der Waals surface area contributed by atoms with E-state index in [0.717, 1.165) is 25.1 Å². The van der Waals surface area contributed by atoms with Gasteiger partial charge in [-0.25, -0.2) is 9.50 Å². The van der Waals surface area contributed by atoms with Crippen molar-refractivity contribution in [1.29, 1.82) is 0 Å². The normalized spacial score (nSPS) is 16.2. The molecule has 0 bridgehead atoms. The van der Waals surface area contributed by atoms with Crippen LogP contribution < -0.4 is 9.64 Å². The van der Waals surface area contributed by atoms with Crippen molar-refractivity contribution in [3.05, 3.63) is 48.4 Å². The zero-order valence-corrected chi connectivity index (χ0v) is 13.7. The summed E-state index contributed by atoms with van der Waals surface area (Å²) in [6.45, 7) is 1.33. The molecule has 0 radical (unpaired) electrons. The zero-order valence-electron chi connectivity index (χ0n) is 13.7. The molecule has 0 aliphatic carbocycles. The predicted molar refractivity (Wildman–Crippen MR) is 88.1 cm³/mol. The minimum Gasteiger partial charge on any atom is -0.474 e. The van der Waals surface area contributed by atoms with E-state index in [-0.39, 0.29) is 6.10 Å². The lowest BCUT2D eigenvalue weighted by atomic mass is 10.1. The van der Waals surface area contributed by atoms with Crippen molar-refractivity contribution < 1.29 is 17.9 Å². The summed E-state index contributed by atoms with van der Waals surface area (Å²) >= 11 is 0. The lowest BCUT2D eigenvalue weighted by molar-refractivity contribution is -0.137. The smallest absolute Gasteiger partial charge is 0.417 e. The van der Waals surface area contributed by atoms with E-state index in [1.54, 1.807) is 29.0 Å². The number of ether oxygens (including phenoxy) is 1. The second-order valence-electron chi connectivity index (χ2n) is 6.11. The lowest BCUT2D eigenvalue weighted by Gasteiger charge is -2.32. The molecule has 0 saturated carbocycles. The summed E-state index contributed by atoms with van der Waals surface area (Å²) < 4.78 is 45.4. The molecule has 1 aliphatic rings. The Labute approximate surface area is 147 Å². The second kappa shape index (κ2) is 6.47. The summed E-state index contributed by atoms with van der Waals surface area (Å²) in [5.41, 5.74) is -0.0188. The third kappa shape index (κ3) is 3.42. The van der Waals surface area contributed by atoms with Crippen LogP contribution in [0.25, 0.3) is 5.65 Å². The molecule has 1 fully saturated rings.